The summed E-state index contributed by atoms with van der Waals surface area (Å²) in [7, 11) is 0. The molecule has 0 unspecified atom stereocenters. The summed E-state index contributed by atoms with van der Waals surface area (Å²) in [5, 5.41) is 0. The molecule has 0 aromatic heterocycles. The Morgan fingerprint density at radius 2 is 1.95 bits per heavy atom. The Morgan fingerprint density at radius 1 is 1.26 bits per heavy atom. The van der Waals surface area contributed by atoms with Gasteiger partial charge in [-0.3, -0.25) is 14.3 Å². The van der Waals surface area contributed by atoms with E-state index in [1.807, 2.05) is 0 Å². The second-order valence-corrected chi connectivity index (χ2v) is 4.57. The predicted octanol–water partition coefficient (Wildman–Crippen LogP) is 2.51. The van der Waals surface area contributed by atoms with E-state index in [0.29, 0.717) is 4.47 Å². The van der Waals surface area contributed by atoms with Gasteiger partial charge >= 0.3 is 6.36 Å². The molecule has 19 heavy (non-hydrogen) atoms. The zero-order chi connectivity index (χ0) is 14.2. The van der Waals surface area contributed by atoms with E-state index in [0.717, 1.165) is 4.90 Å². The van der Waals surface area contributed by atoms with Crippen LogP contribution in [0.4, 0.5) is 18.9 Å². The van der Waals surface area contributed by atoms with E-state index in [1.165, 1.54) is 6.07 Å². The lowest BCUT2D eigenvalue weighted by molar-refractivity contribution is -0.323. The van der Waals surface area contributed by atoms with Crippen molar-refractivity contribution in [2.24, 2.45) is 0 Å². The van der Waals surface area contributed by atoms with Crippen LogP contribution in [0.1, 0.15) is 10.4 Å². The van der Waals surface area contributed by atoms with Gasteiger partial charge in [-0.1, -0.05) is 6.07 Å². The van der Waals surface area contributed by atoms with Gasteiger partial charge in [-0.25, -0.2) is 0 Å². The highest BCUT2D eigenvalue weighted by atomic mass is 79.9. The highest BCUT2D eigenvalue weighted by Crippen LogP contribution is 2.34. The molecule has 102 valence electrons. The topological polar surface area (TPSA) is 46.6 Å². The minimum atomic E-state index is -4.76. The Morgan fingerprint density at radius 3 is 2.58 bits per heavy atom. The summed E-state index contributed by atoms with van der Waals surface area (Å²) in [6.45, 7) is -1.07. The first-order chi connectivity index (χ1) is 8.81. The zero-order valence-corrected chi connectivity index (χ0v) is 10.9. The van der Waals surface area contributed by atoms with Gasteiger partial charge in [0.05, 0.1) is 24.4 Å². The molecule has 0 fully saturated rings. The second-order valence-electron chi connectivity index (χ2n) is 3.71. The van der Waals surface area contributed by atoms with Crippen LogP contribution in [0.15, 0.2) is 22.7 Å². The fourth-order valence-electron chi connectivity index (χ4n) is 1.78. The first-order valence-electron chi connectivity index (χ1n) is 5.16. The standard InChI is InChI=1S/C11H7BrF3NO3/c12-6-2-1-3-7-8(6)9(17)10(18)16(7)4-5-19-11(13,14)15/h1-3H,4-5H2. The number of hydrogen-bond acceptors (Lipinski definition) is 3. The summed E-state index contributed by atoms with van der Waals surface area (Å²) >= 11 is 3.13. The number of nitrogens with zero attached hydrogens (tertiary/aromatic N) is 1. The summed E-state index contributed by atoms with van der Waals surface area (Å²) in [6.07, 6.45) is -4.76. The fourth-order valence-corrected chi connectivity index (χ4v) is 2.31. The van der Waals surface area contributed by atoms with Crippen molar-refractivity contribution in [1.82, 2.24) is 0 Å². The normalized spacial score (nSPS) is 15.1. The molecule has 2 rings (SSSR count). The molecule has 0 bridgehead atoms. The van der Waals surface area contributed by atoms with Crippen molar-refractivity contribution >= 4 is 33.3 Å². The van der Waals surface area contributed by atoms with Crippen LogP contribution in [0.25, 0.3) is 0 Å². The summed E-state index contributed by atoms with van der Waals surface area (Å²) in [6, 6.07) is 4.67. The molecule has 8 heteroatoms. The number of rotatable bonds is 3. The van der Waals surface area contributed by atoms with Crippen LogP contribution in [0.2, 0.25) is 0 Å². The number of amides is 1. The molecule has 1 aromatic carbocycles. The van der Waals surface area contributed by atoms with Crippen LogP contribution in [-0.2, 0) is 9.53 Å². The number of halogens is 4. The molecule has 0 spiro atoms. The molecule has 0 N–H and O–H groups in total. The van der Waals surface area contributed by atoms with E-state index >= 15 is 0 Å². The maximum absolute atomic E-state index is 11.9. The van der Waals surface area contributed by atoms with Crippen molar-refractivity contribution in [3.63, 3.8) is 0 Å². The lowest BCUT2D eigenvalue weighted by Gasteiger charge is -2.17. The van der Waals surface area contributed by atoms with Gasteiger partial charge in [-0.15, -0.1) is 13.2 Å². The van der Waals surface area contributed by atoms with Gasteiger partial charge in [0, 0.05) is 4.47 Å². The molecule has 0 radical (unpaired) electrons. The van der Waals surface area contributed by atoms with Crippen LogP contribution >= 0.6 is 15.9 Å². The van der Waals surface area contributed by atoms with E-state index in [4.69, 9.17) is 0 Å². The maximum Gasteiger partial charge on any atom is 0.522 e. The molecule has 1 aliphatic heterocycles. The van der Waals surface area contributed by atoms with Crippen LogP contribution in [0, 0.1) is 0 Å². The number of ketones is 1. The Kier molecular flexibility index (Phi) is 3.64. The van der Waals surface area contributed by atoms with Gasteiger partial charge in [0.15, 0.2) is 0 Å². The molecule has 1 aromatic rings. The molecule has 0 saturated heterocycles. The molecule has 4 nitrogen and oxygen atoms in total. The number of carbonyl (C=O) groups excluding carboxylic acids is 2. The monoisotopic (exact) mass is 337 g/mol. The number of anilines is 1. The largest absolute Gasteiger partial charge is 0.522 e. The van der Waals surface area contributed by atoms with Gasteiger partial charge < -0.3 is 4.90 Å². The number of carbonyl (C=O) groups is 2. The predicted molar refractivity (Wildman–Crippen MR) is 62.8 cm³/mol. The van der Waals surface area contributed by atoms with E-state index in [-0.39, 0.29) is 17.8 Å². The Balaban J connectivity index is 2.18. The SMILES string of the molecule is O=C1C(=O)N(CCOC(F)(F)F)c2cccc(Br)c21. The number of alkyl halides is 3. The summed E-state index contributed by atoms with van der Waals surface area (Å²) in [5.41, 5.74) is 0.453. The maximum atomic E-state index is 11.9. The minimum Gasteiger partial charge on any atom is -0.302 e. The third kappa shape index (κ3) is 2.79. The zero-order valence-electron chi connectivity index (χ0n) is 9.33. The van der Waals surface area contributed by atoms with Crippen molar-refractivity contribution in [1.29, 1.82) is 0 Å². The molecule has 0 saturated carbocycles. The van der Waals surface area contributed by atoms with E-state index < -0.39 is 24.7 Å². The van der Waals surface area contributed by atoms with Crippen LogP contribution in [-0.4, -0.2) is 31.2 Å². The Hall–Kier alpha value is -1.41. The van der Waals surface area contributed by atoms with E-state index in [1.54, 1.807) is 12.1 Å². The van der Waals surface area contributed by atoms with E-state index in [9.17, 15) is 22.8 Å². The van der Waals surface area contributed by atoms with Gasteiger partial charge in [-0.2, -0.15) is 0 Å². The van der Waals surface area contributed by atoms with Crippen LogP contribution in [0.3, 0.4) is 0 Å². The van der Waals surface area contributed by atoms with Crippen molar-refractivity contribution in [3.05, 3.63) is 28.2 Å². The molecule has 0 aliphatic carbocycles. The molecule has 1 heterocycles. The van der Waals surface area contributed by atoms with Crippen LogP contribution < -0.4 is 4.90 Å². The molecule has 0 atom stereocenters. The van der Waals surface area contributed by atoms with E-state index in [2.05, 4.69) is 20.7 Å². The Labute approximate surface area is 114 Å². The first kappa shape index (κ1) is 14.0. The quantitative estimate of drug-likeness (QED) is 0.796. The summed E-state index contributed by atoms with van der Waals surface area (Å²) in [5.74, 6) is -1.60. The lowest BCUT2D eigenvalue weighted by atomic mass is 10.1. The number of fused-ring (bicyclic) bond motifs is 1. The highest BCUT2D eigenvalue weighted by molar-refractivity contribution is 9.10. The van der Waals surface area contributed by atoms with Crippen molar-refractivity contribution in [3.8, 4) is 0 Å². The first-order valence-corrected chi connectivity index (χ1v) is 5.96. The van der Waals surface area contributed by atoms with Crippen molar-refractivity contribution < 1.29 is 27.5 Å². The molecular weight excluding hydrogens is 331 g/mol. The van der Waals surface area contributed by atoms with Gasteiger partial charge in [0.25, 0.3) is 11.7 Å². The molecule has 1 amide bonds. The fraction of sp³-hybridized carbons (Fsp3) is 0.273. The molecule has 1 aliphatic rings. The smallest absolute Gasteiger partial charge is 0.302 e. The minimum absolute atomic E-state index is 0.166. The average molecular weight is 338 g/mol. The molecular formula is C11H7BrF3NO3. The van der Waals surface area contributed by atoms with Gasteiger partial charge in [0.2, 0.25) is 0 Å². The third-order valence-corrected chi connectivity index (χ3v) is 3.19. The average Bonchev–Trinajstić information content (AvgIpc) is 2.54. The summed E-state index contributed by atoms with van der Waals surface area (Å²) < 4.78 is 39.6. The third-order valence-electron chi connectivity index (χ3n) is 2.53. The van der Waals surface area contributed by atoms with Gasteiger partial charge in [0.1, 0.15) is 0 Å². The number of ether oxygens (including phenoxy) is 1. The summed E-state index contributed by atoms with van der Waals surface area (Å²) in [4.78, 5) is 24.4. The Bertz CT molecular complexity index is 544. The van der Waals surface area contributed by atoms with Crippen LogP contribution in [0.5, 0.6) is 0 Å². The van der Waals surface area contributed by atoms with Gasteiger partial charge in [-0.05, 0) is 28.1 Å². The number of Topliss-reactive ketones (excluding diaryl/α,β-unsaturated/α-hetero) is 1. The van der Waals surface area contributed by atoms with Crippen molar-refractivity contribution in [2.45, 2.75) is 6.36 Å². The number of benzene rings is 1. The second kappa shape index (κ2) is 4.93. The number of hydrogen-bond donors (Lipinski definition) is 0. The highest BCUT2D eigenvalue weighted by Gasteiger charge is 2.38. The lowest BCUT2D eigenvalue weighted by Crippen LogP contribution is -2.34. The van der Waals surface area contributed by atoms with Crippen molar-refractivity contribution in [2.75, 3.05) is 18.1 Å².